The van der Waals surface area contributed by atoms with Crippen molar-refractivity contribution in [1.29, 1.82) is 0 Å². The van der Waals surface area contributed by atoms with E-state index in [0.717, 1.165) is 36.8 Å². The SMILES string of the molecule is NCC1CNCCN1c1cccc2c1OCCO2. The molecule has 0 aromatic heterocycles. The molecule has 0 radical (unpaired) electrons. The van der Waals surface area contributed by atoms with Crippen molar-refractivity contribution >= 4 is 5.69 Å². The molecule has 0 amide bonds. The summed E-state index contributed by atoms with van der Waals surface area (Å²) < 4.78 is 11.4. The van der Waals surface area contributed by atoms with Crippen molar-refractivity contribution in [2.24, 2.45) is 5.73 Å². The number of para-hydroxylation sites is 1. The van der Waals surface area contributed by atoms with Gasteiger partial charge in [0.25, 0.3) is 0 Å². The smallest absolute Gasteiger partial charge is 0.184 e. The van der Waals surface area contributed by atoms with Crippen LogP contribution >= 0.6 is 0 Å². The first kappa shape index (κ1) is 11.6. The van der Waals surface area contributed by atoms with Crippen molar-refractivity contribution in [1.82, 2.24) is 5.32 Å². The van der Waals surface area contributed by atoms with E-state index in [1.54, 1.807) is 0 Å². The first-order chi connectivity index (χ1) is 8.90. The molecule has 1 aromatic rings. The second-order valence-corrected chi connectivity index (χ2v) is 4.59. The number of nitrogens with zero attached hydrogens (tertiary/aromatic N) is 1. The lowest BCUT2D eigenvalue weighted by Crippen LogP contribution is -2.54. The molecule has 98 valence electrons. The van der Waals surface area contributed by atoms with Gasteiger partial charge >= 0.3 is 0 Å². The highest BCUT2D eigenvalue weighted by Crippen LogP contribution is 2.40. The molecule has 1 aromatic carbocycles. The molecular weight excluding hydrogens is 230 g/mol. The normalized spacial score (nSPS) is 22.9. The molecule has 18 heavy (non-hydrogen) atoms. The average Bonchev–Trinajstić information content (AvgIpc) is 2.46. The van der Waals surface area contributed by atoms with Crippen LogP contribution in [0.1, 0.15) is 0 Å². The Hall–Kier alpha value is -1.46. The maximum absolute atomic E-state index is 5.85. The van der Waals surface area contributed by atoms with Gasteiger partial charge in [-0.25, -0.2) is 0 Å². The fourth-order valence-corrected chi connectivity index (χ4v) is 2.57. The molecule has 1 fully saturated rings. The summed E-state index contributed by atoms with van der Waals surface area (Å²) in [4.78, 5) is 2.32. The van der Waals surface area contributed by atoms with Crippen molar-refractivity contribution in [2.75, 3.05) is 44.3 Å². The minimum absolute atomic E-state index is 0.316. The van der Waals surface area contributed by atoms with Crippen LogP contribution in [0.15, 0.2) is 18.2 Å². The number of piperazine rings is 1. The molecule has 1 saturated heterocycles. The Labute approximate surface area is 107 Å². The number of benzene rings is 1. The number of anilines is 1. The van der Waals surface area contributed by atoms with Crippen molar-refractivity contribution < 1.29 is 9.47 Å². The van der Waals surface area contributed by atoms with Crippen LogP contribution in [0.4, 0.5) is 5.69 Å². The quantitative estimate of drug-likeness (QED) is 0.784. The highest BCUT2D eigenvalue weighted by atomic mass is 16.6. The van der Waals surface area contributed by atoms with E-state index in [1.807, 2.05) is 12.1 Å². The highest BCUT2D eigenvalue weighted by molar-refractivity contribution is 5.66. The number of hydrogen-bond donors (Lipinski definition) is 2. The van der Waals surface area contributed by atoms with Crippen LogP contribution in [0.5, 0.6) is 11.5 Å². The standard InChI is InChI=1S/C13H19N3O2/c14-8-10-9-15-4-5-16(10)11-2-1-3-12-13(11)18-7-6-17-12/h1-3,10,15H,4-9,14H2. The predicted molar refractivity (Wildman–Crippen MR) is 70.5 cm³/mol. The molecule has 1 unspecified atom stereocenters. The van der Waals surface area contributed by atoms with Gasteiger partial charge in [0.1, 0.15) is 13.2 Å². The summed E-state index contributed by atoms with van der Waals surface area (Å²) in [6, 6.07) is 6.37. The Morgan fingerprint density at radius 3 is 3.11 bits per heavy atom. The zero-order valence-corrected chi connectivity index (χ0v) is 10.4. The highest BCUT2D eigenvalue weighted by Gasteiger charge is 2.26. The number of nitrogens with two attached hydrogens (primary N) is 1. The molecular formula is C13H19N3O2. The zero-order valence-electron chi connectivity index (χ0n) is 10.4. The lowest BCUT2D eigenvalue weighted by Gasteiger charge is -2.38. The van der Waals surface area contributed by atoms with Crippen molar-refractivity contribution in [2.45, 2.75) is 6.04 Å². The molecule has 5 nitrogen and oxygen atoms in total. The molecule has 3 N–H and O–H groups in total. The van der Waals surface area contributed by atoms with Gasteiger partial charge in [0.2, 0.25) is 0 Å². The van der Waals surface area contributed by atoms with E-state index in [0.29, 0.717) is 25.8 Å². The van der Waals surface area contributed by atoms with E-state index in [4.69, 9.17) is 15.2 Å². The first-order valence-electron chi connectivity index (χ1n) is 6.46. The molecule has 0 aliphatic carbocycles. The Bertz CT molecular complexity index is 425. The van der Waals surface area contributed by atoms with Gasteiger partial charge < -0.3 is 25.4 Å². The third-order valence-electron chi connectivity index (χ3n) is 3.48. The fraction of sp³-hybridized carbons (Fsp3) is 0.538. The van der Waals surface area contributed by atoms with Crippen LogP contribution in [0, 0.1) is 0 Å². The van der Waals surface area contributed by atoms with Gasteiger partial charge in [0, 0.05) is 26.2 Å². The lowest BCUT2D eigenvalue weighted by atomic mass is 10.1. The fourth-order valence-electron chi connectivity index (χ4n) is 2.57. The maximum atomic E-state index is 5.85. The van der Waals surface area contributed by atoms with Crippen molar-refractivity contribution in [3.63, 3.8) is 0 Å². The molecule has 0 spiro atoms. The topological polar surface area (TPSA) is 59.8 Å². The van der Waals surface area contributed by atoms with Gasteiger partial charge in [-0.3, -0.25) is 0 Å². The van der Waals surface area contributed by atoms with E-state index in [2.05, 4.69) is 16.3 Å². The minimum atomic E-state index is 0.316. The van der Waals surface area contributed by atoms with Gasteiger partial charge in [0.05, 0.1) is 11.7 Å². The Kier molecular flexibility index (Phi) is 3.25. The van der Waals surface area contributed by atoms with Gasteiger partial charge in [0.15, 0.2) is 11.5 Å². The number of ether oxygens (including phenoxy) is 2. The van der Waals surface area contributed by atoms with Crippen LogP contribution in [0.2, 0.25) is 0 Å². The third-order valence-corrected chi connectivity index (χ3v) is 3.48. The molecule has 3 rings (SSSR count). The van der Waals surface area contributed by atoms with Gasteiger partial charge in [-0.2, -0.15) is 0 Å². The van der Waals surface area contributed by atoms with Gasteiger partial charge in [-0.05, 0) is 12.1 Å². The summed E-state index contributed by atoms with van der Waals surface area (Å²) in [5.74, 6) is 1.71. The molecule has 0 bridgehead atoms. The Morgan fingerprint density at radius 2 is 2.22 bits per heavy atom. The minimum Gasteiger partial charge on any atom is -0.486 e. The lowest BCUT2D eigenvalue weighted by molar-refractivity contribution is 0.171. The van der Waals surface area contributed by atoms with Gasteiger partial charge in [-0.1, -0.05) is 6.07 Å². The van der Waals surface area contributed by atoms with E-state index in [-0.39, 0.29) is 0 Å². The van der Waals surface area contributed by atoms with Crippen molar-refractivity contribution in [3.05, 3.63) is 18.2 Å². The second-order valence-electron chi connectivity index (χ2n) is 4.59. The zero-order chi connectivity index (χ0) is 12.4. The largest absolute Gasteiger partial charge is 0.486 e. The summed E-state index contributed by atoms with van der Waals surface area (Å²) in [7, 11) is 0. The summed E-state index contributed by atoms with van der Waals surface area (Å²) in [6.07, 6.45) is 0. The number of rotatable bonds is 2. The molecule has 0 saturated carbocycles. The van der Waals surface area contributed by atoms with Crippen LogP contribution in [-0.4, -0.2) is 45.4 Å². The van der Waals surface area contributed by atoms with Crippen molar-refractivity contribution in [3.8, 4) is 11.5 Å². The average molecular weight is 249 g/mol. The van der Waals surface area contributed by atoms with Crippen LogP contribution in [0.3, 0.4) is 0 Å². The summed E-state index contributed by atoms with van der Waals surface area (Å²) in [5, 5.41) is 3.37. The third kappa shape index (κ3) is 2.00. The summed E-state index contributed by atoms with van der Waals surface area (Å²) in [5.41, 5.74) is 6.95. The van der Waals surface area contributed by atoms with Crippen LogP contribution in [-0.2, 0) is 0 Å². The Morgan fingerprint density at radius 1 is 1.33 bits per heavy atom. The summed E-state index contributed by atoms with van der Waals surface area (Å²) >= 11 is 0. The number of nitrogens with one attached hydrogen (secondary N) is 1. The molecule has 2 heterocycles. The van der Waals surface area contributed by atoms with E-state index in [9.17, 15) is 0 Å². The monoisotopic (exact) mass is 249 g/mol. The van der Waals surface area contributed by atoms with E-state index < -0.39 is 0 Å². The number of fused-ring (bicyclic) bond motifs is 1. The van der Waals surface area contributed by atoms with Crippen LogP contribution in [0.25, 0.3) is 0 Å². The predicted octanol–water partition coefficient (Wildman–Crippen LogP) is 0.195. The number of hydrogen-bond acceptors (Lipinski definition) is 5. The van der Waals surface area contributed by atoms with Crippen LogP contribution < -0.4 is 25.4 Å². The van der Waals surface area contributed by atoms with Gasteiger partial charge in [-0.15, -0.1) is 0 Å². The first-order valence-corrected chi connectivity index (χ1v) is 6.46. The maximum Gasteiger partial charge on any atom is 0.184 e. The summed E-state index contributed by atoms with van der Waals surface area (Å²) in [6.45, 7) is 4.71. The van der Waals surface area contributed by atoms with E-state index >= 15 is 0 Å². The molecule has 1 atom stereocenters. The van der Waals surface area contributed by atoms with E-state index in [1.165, 1.54) is 0 Å². The molecule has 2 aliphatic rings. The Balaban J connectivity index is 1.95. The molecule has 5 heteroatoms. The second kappa shape index (κ2) is 5.04. The molecule has 2 aliphatic heterocycles.